The molecule has 2 amide bonds. The average molecular weight is 260 g/mol. The normalized spacial score (nSPS) is 18.1. The van der Waals surface area contributed by atoms with E-state index in [0.717, 1.165) is 6.42 Å². The zero-order chi connectivity index (χ0) is 13.1. The molecule has 0 aromatic rings. The molecule has 1 saturated carbocycles. The van der Waals surface area contributed by atoms with Crippen molar-refractivity contribution in [2.24, 2.45) is 0 Å². The van der Waals surface area contributed by atoms with E-state index in [1.54, 1.807) is 11.8 Å². The lowest BCUT2D eigenvalue weighted by Crippen LogP contribution is -2.61. The lowest BCUT2D eigenvalue weighted by molar-refractivity contribution is -0.148. The highest BCUT2D eigenvalue weighted by atomic mass is 32.2. The van der Waals surface area contributed by atoms with Crippen LogP contribution in [0.3, 0.4) is 0 Å². The Labute approximate surface area is 106 Å². The number of carbonyl (C=O) groups is 2. The highest BCUT2D eigenvalue weighted by molar-refractivity contribution is 7.99. The molecule has 0 radical (unpaired) electrons. The quantitative estimate of drug-likeness (QED) is 0.699. The molecule has 1 fully saturated rings. The molecular weight excluding hydrogens is 240 g/mol. The molecular formula is C11H20N2O3S. The van der Waals surface area contributed by atoms with Gasteiger partial charge in [-0.2, -0.15) is 11.8 Å². The molecule has 0 spiro atoms. The molecule has 0 aromatic carbocycles. The topological polar surface area (TPSA) is 78.4 Å². The maximum absolute atomic E-state index is 11.6. The highest BCUT2D eigenvalue weighted by Gasteiger charge is 2.45. The minimum absolute atomic E-state index is 0.0483. The first-order chi connectivity index (χ1) is 7.81. The Balaban J connectivity index is 2.42. The molecule has 17 heavy (non-hydrogen) atoms. The summed E-state index contributed by atoms with van der Waals surface area (Å²) in [5.41, 5.74) is -1.03. The van der Waals surface area contributed by atoms with Gasteiger partial charge in [-0.05, 0) is 39.4 Å². The van der Waals surface area contributed by atoms with Crippen molar-refractivity contribution >= 4 is 23.8 Å². The Morgan fingerprint density at radius 3 is 2.35 bits per heavy atom. The van der Waals surface area contributed by atoms with E-state index >= 15 is 0 Å². The summed E-state index contributed by atoms with van der Waals surface area (Å²) in [7, 11) is 0. The molecule has 0 aromatic heterocycles. The standard InChI is InChI=1S/C11H20N2O3S/c1-10(2,17-3)7-12-9(16)13-11(8(14)15)5-4-6-11/h4-7H2,1-3H3,(H,14,15)(H2,12,13,16). The molecule has 5 nitrogen and oxygen atoms in total. The smallest absolute Gasteiger partial charge is 0.329 e. The zero-order valence-corrected chi connectivity index (χ0v) is 11.3. The second kappa shape index (κ2) is 5.16. The summed E-state index contributed by atoms with van der Waals surface area (Å²) < 4.78 is -0.0483. The maximum atomic E-state index is 11.6. The van der Waals surface area contributed by atoms with Crippen molar-refractivity contribution in [2.45, 2.75) is 43.4 Å². The predicted octanol–water partition coefficient (Wildman–Crippen LogP) is 1.43. The predicted molar refractivity (Wildman–Crippen MR) is 68.3 cm³/mol. The van der Waals surface area contributed by atoms with Crippen LogP contribution in [0.4, 0.5) is 4.79 Å². The van der Waals surface area contributed by atoms with E-state index in [0.29, 0.717) is 19.4 Å². The van der Waals surface area contributed by atoms with E-state index in [1.807, 2.05) is 20.1 Å². The number of urea groups is 1. The van der Waals surface area contributed by atoms with Crippen molar-refractivity contribution in [3.8, 4) is 0 Å². The number of rotatable bonds is 5. The van der Waals surface area contributed by atoms with Crippen molar-refractivity contribution in [2.75, 3.05) is 12.8 Å². The van der Waals surface area contributed by atoms with Crippen molar-refractivity contribution in [1.29, 1.82) is 0 Å². The minimum atomic E-state index is -1.03. The Bertz CT molecular complexity index is 314. The van der Waals surface area contributed by atoms with Gasteiger partial charge < -0.3 is 15.7 Å². The highest BCUT2D eigenvalue weighted by Crippen LogP contribution is 2.31. The summed E-state index contributed by atoms with van der Waals surface area (Å²) in [6.07, 6.45) is 3.86. The fourth-order valence-electron chi connectivity index (χ4n) is 1.55. The number of hydrogen-bond acceptors (Lipinski definition) is 3. The van der Waals surface area contributed by atoms with Crippen LogP contribution in [0.15, 0.2) is 0 Å². The van der Waals surface area contributed by atoms with Gasteiger partial charge in [0.2, 0.25) is 0 Å². The zero-order valence-electron chi connectivity index (χ0n) is 10.5. The molecule has 3 N–H and O–H groups in total. The molecule has 98 valence electrons. The molecule has 0 atom stereocenters. The van der Waals surface area contributed by atoms with E-state index in [9.17, 15) is 9.59 Å². The fraction of sp³-hybridized carbons (Fsp3) is 0.818. The summed E-state index contributed by atoms with van der Waals surface area (Å²) >= 11 is 1.65. The van der Waals surface area contributed by atoms with Crippen molar-refractivity contribution < 1.29 is 14.7 Å². The van der Waals surface area contributed by atoms with Crippen LogP contribution in [-0.2, 0) is 4.79 Å². The Morgan fingerprint density at radius 2 is 2.00 bits per heavy atom. The van der Waals surface area contributed by atoms with Gasteiger partial charge in [-0.3, -0.25) is 0 Å². The number of thioether (sulfide) groups is 1. The minimum Gasteiger partial charge on any atom is -0.480 e. The molecule has 1 aliphatic carbocycles. The van der Waals surface area contributed by atoms with Gasteiger partial charge in [0.15, 0.2) is 0 Å². The van der Waals surface area contributed by atoms with Gasteiger partial charge in [-0.15, -0.1) is 0 Å². The number of carboxylic acids is 1. The molecule has 0 saturated heterocycles. The molecule has 0 bridgehead atoms. The number of hydrogen-bond donors (Lipinski definition) is 3. The van der Waals surface area contributed by atoms with Crippen LogP contribution in [-0.4, -0.2) is 40.2 Å². The third kappa shape index (κ3) is 3.52. The number of carboxylic acid groups (broad SMARTS) is 1. The largest absolute Gasteiger partial charge is 0.480 e. The molecule has 0 aliphatic heterocycles. The lowest BCUT2D eigenvalue weighted by atomic mass is 9.77. The number of nitrogens with one attached hydrogen (secondary N) is 2. The second-order valence-electron chi connectivity index (χ2n) is 5.01. The van der Waals surface area contributed by atoms with Crippen LogP contribution in [0.25, 0.3) is 0 Å². The summed E-state index contributed by atoms with van der Waals surface area (Å²) in [5, 5.41) is 14.3. The third-order valence-corrected chi connectivity index (χ3v) is 4.45. The van der Waals surface area contributed by atoms with Gasteiger partial charge >= 0.3 is 12.0 Å². The molecule has 1 aliphatic rings. The van der Waals surface area contributed by atoms with E-state index in [-0.39, 0.29) is 4.75 Å². The third-order valence-electron chi connectivity index (χ3n) is 3.20. The Kier molecular flexibility index (Phi) is 4.30. The lowest BCUT2D eigenvalue weighted by Gasteiger charge is -2.38. The van der Waals surface area contributed by atoms with E-state index in [1.165, 1.54) is 0 Å². The van der Waals surface area contributed by atoms with E-state index in [2.05, 4.69) is 10.6 Å². The number of carbonyl (C=O) groups excluding carboxylic acids is 1. The second-order valence-corrected chi connectivity index (χ2v) is 6.53. The van der Waals surface area contributed by atoms with Gasteiger partial charge in [0.05, 0.1) is 0 Å². The first kappa shape index (κ1) is 14.2. The van der Waals surface area contributed by atoms with Crippen molar-refractivity contribution in [1.82, 2.24) is 10.6 Å². The van der Waals surface area contributed by atoms with E-state index in [4.69, 9.17) is 5.11 Å². The van der Waals surface area contributed by atoms with Crippen LogP contribution in [0, 0.1) is 0 Å². The van der Waals surface area contributed by atoms with Gasteiger partial charge in [-0.25, -0.2) is 9.59 Å². The Morgan fingerprint density at radius 1 is 1.41 bits per heavy atom. The van der Waals surface area contributed by atoms with E-state index < -0.39 is 17.5 Å². The monoisotopic (exact) mass is 260 g/mol. The van der Waals surface area contributed by atoms with Crippen LogP contribution in [0.5, 0.6) is 0 Å². The van der Waals surface area contributed by atoms with Crippen LogP contribution < -0.4 is 10.6 Å². The summed E-state index contributed by atoms with van der Waals surface area (Å²) in [4.78, 5) is 22.7. The SMILES string of the molecule is CSC(C)(C)CNC(=O)NC1(C(=O)O)CCC1. The number of amides is 2. The fourth-order valence-corrected chi connectivity index (χ4v) is 1.77. The van der Waals surface area contributed by atoms with Crippen LogP contribution >= 0.6 is 11.8 Å². The molecule has 6 heteroatoms. The molecule has 1 rings (SSSR count). The molecule has 0 unspecified atom stereocenters. The number of aliphatic carboxylic acids is 1. The first-order valence-electron chi connectivity index (χ1n) is 5.66. The van der Waals surface area contributed by atoms with Gasteiger partial charge in [0, 0.05) is 11.3 Å². The van der Waals surface area contributed by atoms with Gasteiger partial charge in [0.1, 0.15) is 5.54 Å². The van der Waals surface area contributed by atoms with Gasteiger partial charge in [-0.1, -0.05) is 0 Å². The van der Waals surface area contributed by atoms with Crippen molar-refractivity contribution in [3.05, 3.63) is 0 Å². The van der Waals surface area contributed by atoms with Gasteiger partial charge in [0.25, 0.3) is 0 Å². The van der Waals surface area contributed by atoms with Crippen molar-refractivity contribution in [3.63, 3.8) is 0 Å². The van der Waals surface area contributed by atoms with Crippen LogP contribution in [0.2, 0.25) is 0 Å². The maximum Gasteiger partial charge on any atom is 0.329 e. The summed E-state index contributed by atoms with van der Waals surface area (Å²) in [6, 6.07) is -0.394. The van der Waals surface area contributed by atoms with Crippen LogP contribution in [0.1, 0.15) is 33.1 Å². The summed E-state index contributed by atoms with van der Waals surface area (Å²) in [6.45, 7) is 4.55. The summed E-state index contributed by atoms with van der Waals surface area (Å²) in [5.74, 6) is -0.942. The average Bonchev–Trinajstić information content (AvgIpc) is 2.20. The first-order valence-corrected chi connectivity index (χ1v) is 6.88. The Hall–Kier alpha value is -0.910. The molecule has 0 heterocycles.